The van der Waals surface area contributed by atoms with E-state index in [1.54, 1.807) is 6.26 Å². The molecular weight excluding hydrogens is 208 g/mol. The van der Waals surface area contributed by atoms with Gasteiger partial charge in [0, 0.05) is 5.25 Å². The van der Waals surface area contributed by atoms with Crippen LogP contribution in [0, 0.1) is 6.92 Å². The van der Waals surface area contributed by atoms with Crippen molar-refractivity contribution in [2.45, 2.75) is 49.7 Å². The smallest absolute Gasteiger partial charge is 0.116 e. The molecule has 3 heteroatoms. The molecule has 0 spiro atoms. The van der Waals surface area contributed by atoms with E-state index in [0.29, 0.717) is 5.25 Å². The van der Waals surface area contributed by atoms with E-state index >= 15 is 0 Å². The summed E-state index contributed by atoms with van der Waals surface area (Å²) in [5.41, 5.74) is 1.22. The molecule has 84 valence electrons. The lowest BCUT2D eigenvalue weighted by Crippen LogP contribution is -2.26. The van der Waals surface area contributed by atoms with E-state index < -0.39 is 0 Å². The van der Waals surface area contributed by atoms with Gasteiger partial charge in [0.1, 0.15) is 5.76 Å². The highest BCUT2D eigenvalue weighted by Crippen LogP contribution is 2.31. The van der Waals surface area contributed by atoms with E-state index in [4.69, 9.17) is 4.42 Å². The standard InChI is InChI=1S/C12H18O2S/c1-9-6-7-14-11(9)8-15-12-5-3-2-4-10(12)13/h6-7,10,12-13H,2-5,8H2,1H3. The highest BCUT2D eigenvalue weighted by atomic mass is 32.2. The Bertz CT molecular complexity index is 308. The molecule has 0 amide bonds. The van der Waals surface area contributed by atoms with Crippen LogP contribution < -0.4 is 0 Å². The number of hydrogen-bond donors (Lipinski definition) is 1. The molecule has 1 heterocycles. The highest BCUT2D eigenvalue weighted by Gasteiger charge is 2.23. The van der Waals surface area contributed by atoms with Gasteiger partial charge in [-0.15, -0.1) is 11.8 Å². The van der Waals surface area contributed by atoms with Crippen LogP contribution in [0.15, 0.2) is 16.7 Å². The van der Waals surface area contributed by atoms with Crippen molar-refractivity contribution in [3.8, 4) is 0 Å². The molecule has 0 saturated heterocycles. The van der Waals surface area contributed by atoms with Crippen LogP contribution in [0.3, 0.4) is 0 Å². The van der Waals surface area contributed by atoms with Gasteiger partial charge in [0.25, 0.3) is 0 Å². The largest absolute Gasteiger partial charge is 0.468 e. The molecule has 0 bridgehead atoms. The van der Waals surface area contributed by atoms with Crippen LogP contribution in [-0.4, -0.2) is 16.5 Å². The minimum Gasteiger partial charge on any atom is -0.468 e. The van der Waals surface area contributed by atoms with Crippen molar-refractivity contribution < 1.29 is 9.52 Å². The van der Waals surface area contributed by atoms with Crippen molar-refractivity contribution in [2.75, 3.05) is 0 Å². The molecule has 1 aliphatic carbocycles. The number of furan rings is 1. The molecule has 1 aromatic heterocycles. The van der Waals surface area contributed by atoms with E-state index in [1.165, 1.54) is 18.4 Å². The molecular formula is C12H18O2S. The molecule has 1 aromatic rings. The average Bonchev–Trinajstić information content (AvgIpc) is 2.63. The molecule has 0 aromatic carbocycles. The van der Waals surface area contributed by atoms with Gasteiger partial charge in [0.15, 0.2) is 0 Å². The fourth-order valence-electron chi connectivity index (χ4n) is 2.01. The summed E-state index contributed by atoms with van der Waals surface area (Å²) in [5.74, 6) is 1.94. The summed E-state index contributed by atoms with van der Waals surface area (Å²) in [5, 5.41) is 10.2. The average molecular weight is 226 g/mol. The van der Waals surface area contributed by atoms with Gasteiger partial charge in [0.05, 0.1) is 18.1 Å². The third-order valence-electron chi connectivity index (χ3n) is 3.06. The summed E-state index contributed by atoms with van der Waals surface area (Å²) in [6.45, 7) is 2.07. The van der Waals surface area contributed by atoms with E-state index in [9.17, 15) is 5.11 Å². The number of rotatable bonds is 3. The number of aliphatic hydroxyl groups is 1. The second kappa shape index (κ2) is 5.08. The first-order valence-electron chi connectivity index (χ1n) is 5.60. The lowest BCUT2D eigenvalue weighted by Gasteiger charge is -2.26. The van der Waals surface area contributed by atoms with Crippen LogP contribution in [0.1, 0.15) is 37.0 Å². The topological polar surface area (TPSA) is 33.4 Å². The first-order chi connectivity index (χ1) is 7.27. The summed E-state index contributed by atoms with van der Waals surface area (Å²) >= 11 is 1.83. The molecule has 2 unspecified atom stereocenters. The quantitative estimate of drug-likeness (QED) is 0.859. The Kier molecular flexibility index (Phi) is 3.76. The summed E-state index contributed by atoms with van der Waals surface area (Å²) < 4.78 is 5.39. The molecule has 0 radical (unpaired) electrons. The minimum atomic E-state index is -0.112. The first-order valence-corrected chi connectivity index (χ1v) is 6.65. The zero-order valence-electron chi connectivity index (χ0n) is 9.11. The fraction of sp³-hybridized carbons (Fsp3) is 0.667. The Labute approximate surface area is 95.1 Å². The third kappa shape index (κ3) is 2.79. The van der Waals surface area contributed by atoms with Gasteiger partial charge in [-0.3, -0.25) is 0 Å². The Hall–Kier alpha value is -0.410. The minimum absolute atomic E-state index is 0.112. The van der Waals surface area contributed by atoms with Crippen LogP contribution in [0.25, 0.3) is 0 Å². The molecule has 2 nitrogen and oxygen atoms in total. The predicted molar refractivity (Wildman–Crippen MR) is 63.0 cm³/mol. The summed E-state index contributed by atoms with van der Waals surface area (Å²) in [4.78, 5) is 0. The predicted octanol–water partition coefficient (Wildman–Crippen LogP) is 3.12. The molecule has 1 aliphatic rings. The van der Waals surface area contributed by atoms with Crippen molar-refractivity contribution in [1.29, 1.82) is 0 Å². The van der Waals surface area contributed by atoms with E-state index in [2.05, 4.69) is 6.92 Å². The fourth-order valence-corrected chi connectivity index (χ4v) is 3.36. The lowest BCUT2D eigenvalue weighted by atomic mass is 9.97. The summed E-state index contributed by atoms with van der Waals surface area (Å²) in [6.07, 6.45) is 6.17. The number of aliphatic hydroxyl groups excluding tert-OH is 1. The Morgan fingerprint density at radius 3 is 2.93 bits per heavy atom. The second-order valence-corrected chi connectivity index (χ2v) is 5.46. The van der Waals surface area contributed by atoms with E-state index in [1.807, 2.05) is 17.8 Å². The van der Waals surface area contributed by atoms with Crippen molar-refractivity contribution in [3.05, 3.63) is 23.7 Å². The van der Waals surface area contributed by atoms with Crippen LogP contribution in [0.5, 0.6) is 0 Å². The SMILES string of the molecule is Cc1ccoc1CSC1CCCCC1O. The zero-order valence-corrected chi connectivity index (χ0v) is 9.93. The van der Waals surface area contributed by atoms with Crippen LogP contribution >= 0.6 is 11.8 Å². The molecule has 15 heavy (non-hydrogen) atoms. The maximum Gasteiger partial charge on any atom is 0.116 e. The van der Waals surface area contributed by atoms with Gasteiger partial charge >= 0.3 is 0 Å². The monoisotopic (exact) mass is 226 g/mol. The molecule has 2 rings (SSSR count). The third-order valence-corrected chi connectivity index (χ3v) is 4.47. The molecule has 2 atom stereocenters. The molecule has 1 N–H and O–H groups in total. The van der Waals surface area contributed by atoms with Gasteiger partial charge in [-0.25, -0.2) is 0 Å². The van der Waals surface area contributed by atoms with Gasteiger partial charge in [-0.05, 0) is 31.4 Å². The van der Waals surface area contributed by atoms with E-state index in [0.717, 1.165) is 24.4 Å². The maximum absolute atomic E-state index is 9.82. The van der Waals surface area contributed by atoms with Crippen molar-refractivity contribution in [2.24, 2.45) is 0 Å². The Morgan fingerprint density at radius 2 is 2.27 bits per heavy atom. The molecule has 0 aliphatic heterocycles. The van der Waals surface area contributed by atoms with Crippen molar-refractivity contribution in [1.82, 2.24) is 0 Å². The first kappa shape index (κ1) is 11.1. The van der Waals surface area contributed by atoms with Crippen molar-refractivity contribution >= 4 is 11.8 Å². The zero-order chi connectivity index (χ0) is 10.7. The lowest BCUT2D eigenvalue weighted by molar-refractivity contribution is 0.137. The number of hydrogen-bond acceptors (Lipinski definition) is 3. The summed E-state index contributed by atoms with van der Waals surface area (Å²) in [7, 11) is 0. The van der Waals surface area contributed by atoms with Gasteiger partial charge < -0.3 is 9.52 Å². The Morgan fingerprint density at radius 1 is 1.47 bits per heavy atom. The maximum atomic E-state index is 9.82. The molecule has 1 fully saturated rings. The van der Waals surface area contributed by atoms with Gasteiger partial charge in [0.2, 0.25) is 0 Å². The number of thioether (sulfide) groups is 1. The van der Waals surface area contributed by atoms with Gasteiger partial charge in [-0.1, -0.05) is 12.8 Å². The second-order valence-electron chi connectivity index (χ2n) is 4.23. The van der Waals surface area contributed by atoms with Crippen LogP contribution in [-0.2, 0) is 5.75 Å². The molecule has 1 saturated carbocycles. The van der Waals surface area contributed by atoms with Crippen LogP contribution in [0.4, 0.5) is 0 Å². The number of aryl methyl sites for hydroxylation is 1. The van der Waals surface area contributed by atoms with Crippen LogP contribution in [0.2, 0.25) is 0 Å². The highest BCUT2D eigenvalue weighted by molar-refractivity contribution is 7.99. The Balaban J connectivity index is 1.84. The summed E-state index contributed by atoms with van der Waals surface area (Å²) in [6, 6.07) is 1.99. The normalized spacial score (nSPS) is 26.8. The van der Waals surface area contributed by atoms with E-state index in [-0.39, 0.29) is 6.10 Å². The van der Waals surface area contributed by atoms with Crippen molar-refractivity contribution in [3.63, 3.8) is 0 Å². The van der Waals surface area contributed by atoms with Gasteiger partial charge in [-0.2, -0.15) is 0 Å².